The molecule has 1 radical (unpaired) electrons. The second-order valence-electron chi connectivity index (χ2n) is 7.26. The van der Waals surface area contributed by atoms with E-state index in [4.69, 9.17) is 9.47 Å². The average molecular weight is 561 g/mol. The summed E-state index contributed by atoms with van der Waals surface area (Å²) in [5, 5.41) is 9.83. The number of nitrogens with zero attached hydrogens (tertiary/aromatic N) is 1. The number of carbonyl (C=O) groups is 1. The van der Waals surface area contributed by atoms with Gasteiger partial charge in [-0.25, -0.2) is 0 Å². The van der Waals surface area contributed by atoms with Gasteiger partial charge in [0.25, 0.3) is 5.95 Å². The molecular weight excluding hydrogens is 534 g/mol. The summed E-state index contributed by atoms with van der Waals surface area (Å²) < 4.78 is 10.7. The number of rotatable bonds is 8. The first-order valence-corrected chi connectivity index (χ1v) is 8.83. The fourth-order valence-electron chi connectivity index (χ4n) is 2.29. The topological polar surface area (TPSA) is 68.7 Å². The Labute approximate surface area is 180 Å². The van der Waals surface area contributed by atoms with E-state index < -0.39 is 11.4 Å². The molecule has 1 heterocycles. The van der Waals surface area contributed by atoms with E-state index in [0.29, 0.717) is 6.42 Å². The van der Waals surface area contributed by atoms with E-state index in [1.54, 1.807) is 27.9 Å². The van der Waals surface area contributed by atoms with Crippen molar-refractivity contribution in [2.24, 2.45) is 5.41 Å². The standard InChI is InChI=1S/C22H26NO4.Ir/c1-22(2,3)20(24)14-21(25)27-15-18(26-4)13-17-11-8-12-19(23-17)16-9-6-5-7-10-16;/h5-9,11-12,14,18,25H,13,15H2,1-4H3;/q-1;/b21-14+;. The van der Waals surface area contributed by atoms with Crippen LogP contribution in [0.15, 0.2) is 54.5 Å². The van der Waals surface area contributed by atoms with Gasteiger partial charge in [-0.05, 0) is 11.8 Å². The van der Waals surface area contributed by atoms with Gasteiger partial charge in [0.1, 0.15) is 6.61 Å². The Hall–Kier alpha value is -2.01. The third kappa shape index (κ3) is 7.55. The number of carbonyl (C=O) groups excluding carboxylic acids is 1. The van der Waals surface area contributed by atoms with Gasteiger partial charge < -0.3 is 19.6 Å². The quantitative estimate of drug-likeness (QED) is 0.299. The van der Waals surface area contributed by atoms with Crippen molar-refractivity contribution in [1.82, 2.24) is 4.98 Å². The predicted octanol–water partition coefficient (Wildman–Crippen LogP) is 4.13. The van der Waals surface area contributed by atoms with E-state index in [0.717, 1.165) is 23.0 Å². The number of ketones is 1. The number of methoxy groups -OCH3 is 1. The second kappa shape index (κ2) is 11.1. The molecule has 0 saturated carbocycles. The van der Waals surface area contributed by atoms with Gasteiger partial charge in [-0.3, -0.25) is 4.79 Å². The van der Waals surface area contributed by atoms with Gasteiger partial charge in [-0.15, -0.1) is 35.9 Å². The molecule has 5 nitrogen and oxygen atoms in total. The maximum Gasteiger partial charge on any atom is 0.280 e. The summed E-state index contributed by atoms with van der Waals surface area (Å²) >= 11 is 0. The van der Waals surface area contributed by atoms with E-state index >= 15 is 0 Å². The summed E-state index contributed by atoms with van der Waals surface area (Å²) in [5.74, 6) is -0.611. The first-order chi connectivity index (χ1) is 12.8. The zero-order chi connectivity index (χ0) is 19.9. The summed E-state index contributed by atoms with van der Waals surface area (Å²) in [5.41, 5.74) is 2.03. The minimum absolute atomic E-state index is 0. The summed E-state index contributed by atoms with van der Waals surface area (Å²) in [7, 11) is 1.57. The van der Waals surface area contributed by atoms with Crippen LogP contribution in [0.25, 0.3) is 11.3 Å². The zero-order valence-corrected chi connectivity index (χ0v) is 19.0. The summed E-state index contributed by atoms with van der Waals surface area (Å²) in [4.78, 5) is 16.5. The van der Waals surface area contributed by atoms with Crippen LogP contribution in [0.2, 0.25) is 0 Å². The molecule has 1 unspecified atom stereocenters. The fraction of sp³-hybridized carbons (Fsp3) is 0.364. The molecule has 0 aliphatic rings. The van der Waals surface area contributed by atoms with Crippen LogP contribution in [-0.2, 0) is 40.8 Å². The number of benzene rings is 1. The molecule has 6 heteroatoms. The van der Waals surface area contributed by atoms with Gasteiger partial charge >= 0.3 is 0 Å². The van der Waals surface area contributed by atoms with E-state index in [9.17, 15) is 9.90 Å². The Bertz CT molecular complexity index is 785. The minimum atomic E-state index is -0.573. The molecule has 153 valence electrons. The van der Waals surface area contributed by atoms with Crippen LogP contribution in [0.4, 0.5) is 0 Å². The number of hydrogen-bond acceptors (Lipinski definition) is 5. The number of ether oxygens (including phenoxy) is 2. The number of pyridine rings is 1. The van der Waals surface area contributed by atoms with Gasteiger partial charge in [-0.2, -0.15) is 0 Å². The second-order valence-corrected chi connectivity index (χ2v) is 7.26. The van der Waals surface area contributed by atoms with Crippen LogP contribution >= 0.6 is 0 Å². The number of allylic oxidation sites excluding steroid dienone is 1. The maximum atomic E-state index is 11.9. The molecule has 1 N–H and O–H groups in total. The Balaban J connectivity index is 0.00000392. The average Bonchev–Trinajstić information content (AvgIpc) is 2.65. The van der Waals surface area contributed by atoms with Gasteiger partial charge in [0.2, 0.25) is 0 Å². The summed E-state index contributed by atoms with van der Waals surface area (Å²) in [6, 6.07) is 16.6. The molecule has 2 rings (SSSR count). The fourth-order valence-corrected chi connectivity index (χ4v) is 2.29. The monoisotopic (exact) mass is 561 g/mol. The molecule has 28 heavy (non-hydrogen) atoms. The third-order valence-corrected chi connectivity index (χ3v) is 3.97. The Morgan fingerprint density at radius 3 is 2.61 bits per heavy atom. The van der Waals surface area contributed by atoms with Gasteiger partial charge in [-0.1, -0.05) is 32.9 Å². The largest absolute Gasteiger partial charge is 0.481 e. The van der Waals surface area contributed by atoms with Crippen molar-refractivity contribution in [3.63, 3.8) is 0 Å². The van der Waals surface area contributed by atoms with Crippen molar-refractivity contribution in [3.8, 4) is 11.3 Å². The van der Waals surface area contributed by atoms with Crippen LogP contribution in [0.3, 0.4) is 0 Å². The van der Waals surface area contributed by atoms with Crippen molar-refractivity contribution in [1.29, 1.82) is 0 Å². The summed E-state index contributed by atoms with van der Waals surface area (Å²) in [6.45, 7) is 5.44. The maximum absolute atomic E-state index is 11.9. The van der Waals surface area contributed by atoms with E-state index in [1.807, 2.05) is 42.5 Å². The molecule has 1 aromatic heterocycles. The summed E-state index contributed by atoms with van der Waals surface area (Å²) in [6.07, 6.45) is 1.31. The molecule has 0 aliphatic heterocycles. The van der Waals surface area contributed by atoms with Crippen LogP contribution in [-0.4, -0.2) is 35.7 Å². The molecule has 0 amide bonds. The molecule has 1 atom stereocenters. The van der Waals surface area contributed by atoms with Crippen LogP contribution in [0, 0.1) is 11.5 Å². The van der Waals surface area contributed by atoms with Crippen molar-refractivity contribution in [2.45, 2.75) is 33.3 Å². The number of hydrogen-bond donors (Lipinski definition) is 1. The van der Waals surface area contributed by atoms with Crippen LogP contribution < -0.4 is 0 Å². The third-order valence-electron chi connectivity index (χ3n) is 3.97. The Morgan fingerprint density at radius 2 is 2.00 bits per heavy atom. The normalized spacial score (nSPS) is 12.8. The van der Waals surface area contributed by atoms with Gasteiger partial charge in [0.05, 0.1) is 12.2 Å². The number of aliphatic hydroxyl groups excluding tert-OH is 1. The smallest absolute Gasteiger partial charge is 0.280 e. The SMILES string of the molecule is COC(CO/C(O)=C/C(=O)C(C)(C)C)Cc1cccc(-c2[c-]cccc2)n1.[Ir]. The molecule has 1 aromatic carbocycles. The first-order valence-electron chi connectivity index (χ1n) is 8.83. The molecule has 2 aromatic rings. The molecular formula is C22H26IrNO4-. The molecule has 0 saturated heterocycles. The van der Waals surface area contributed by atoms with E-state index in [2.05, 4.69) is 11.1 Å². The van der Waals surface area contributed by atoms with Crippen LogP contribution in [0.5, 0.6) is 0 Å². The Kier molecular flexibility index (Phi) is 9.53. The molecule has 0 aliphatic carbocycles. The molecule has 0 spiro atoms. The molecule has 0 bridgehead atoms. The van der Waals surface area contributed by atoms with Crippen molar-refractivity contribution >= 4 is 5.78 Å². The number of aromatic nitrogens is 1. The van der Waals surface area contributed by atoms with Crippen molar-refractivity contribution in [3.05, 3.63) is 66.2 Å². The van der Waals surface area contributed by atoms with Crippen molar-refractivity contribution in [2.75, 3.05) is 13.7 Å². The molecule has 0 fully saturated rings. The first kappa shape index (κ1) is 24.0. The minimum Gasteiger partial charge on any atom is -0.481 e. The van der Waals surface area contributed by atoms with Gasteiger partial charge in [0, 0.05) is 44.7 Å². The van der Waals surface area contributed by atoms with Crippen molar-refractivity contribution < 1.29 is 39.5 Å². The zero-order valence-electron chi connectivity index (χ0n) is 16.6. The van der Waals surface area contributed by atoms with Crippen LogP contribution in [0.1, 0.15) is 26.5 Å². The van der Waals surface area contributed by atoms with E-state index in [1.165, 1.54) is 0 Å². The Morgan fingerprint density at radius 1 is 1.25 bits per heavy atom. The number of aliphatic hydroxyl groups is 1. The predicted molar refractivity (Wildman–Crippen MR) is 104 cm³/mol. The van der Waals surface area contributed by atoms with Gasteiger partial charge in [0.15, 0.2) is 5.78 Å². The van der Waals surface area contributed by atoms with E-state index in [-0.39, 0.29) is 38.6 Å².